The number of nitrogens with zero attached hydrogens (tertiary/aromatic N) is 2. The first-order valence-corrected chi connectivity index (χ1v) is 8.05. The molecule has 22 heavy (non-hydrogen) atoms. The zero-order chi connectivity index (χ0) is 14.9. The Morgan fingerprint density at radius 2 is 2.18 bits per heavy atom. The zero-order valence-corrected chi connectivity index (χ0v) is 13.0. The van der Waals surface area contributed by atoms with Gasteiger partial charge in [-0.3, -0.25) is 0 Å². The fraction of sp³-hybridized carbons (Fsp3) is 0.353. The van der Waals surface area contributed by atoms with Gasteiger partial charge < -0.3 is 14.6 Å². The molecule has 0 amide bonds. The van der Waals surface area contributed by atoms with Crippen LogP contribution in [0.15, 0.2) is 41.8 Å². The number of aromatic amines is 1. The maximum absolute atomic E-state index is 6.56. The van der Waals surface area contributed by atoms with Crippen molar-refractivity contribution in [1.82, 2.24) is 14.9 Å². The number of hydrogen-bond donors (Lipinski definition) is 1. The van der Waals surface area contributed by atoms with Crippen LogP contribution < -0.4 is 0 Å². The molecule has 0 aromatic carbocycles. The summed E-state index contributed by atoms with van der Waals surface area (Å²) in [7, 11) is 0. The number of ether oxygens (including phenoxy) is 1. The largest absolute Gasteiger partial charge is 0.381 e. The molecule has 114 valence electrons. The van der Waals surface area contributed by atoms with E-state index in [1.807, 2.05) is 12.3 Å². The van der Waals surface area contributed by atoms with E-state index in [1.54, 1.807) is 6.20 Å². The van der Waals surface area contributed by atoms with E-state index < -0.39 is 0 Å². The van der Waals surface area contributed by atoms with Crippen molar-refractivity contribution < 1.29 is 4.74 Å². The van der Waals surface area contributed by atoms with Crippen LogP contribution in [-0.2, 0) is 4.74 Å². The van der Waals surface area contributed by atoms with E-state index in [0.717, 1.165) is 59.9 Å². The molecule has 0 aliphatic carbocycles. The van der Waals surface area contributed by atoms with Crippen molar-refractivity contribution in [3.05, 3.63) is 47.4 Å². The van der Waals surface area contributed by atoms with Gasteiger partial charge in [-0.05, 0) is 36.6 Å². The number of nitrogens with one attached hydrogen (secondary N) is 1. The smallest absolute Gasteiger partial charge is 0.137 e. The molecule has 1 fully saturated rings. The van der Waals surface area contributed by atoms with Gasteiger partial charge in [-0.25, -0.2) is 4.98 Å². The topological polar surface area (TPSA) is 41.2 Å². The molecule has 1 saturated heterocycles. The molecular weight excluding hydrogens is 298 g/mol. The molecule has 0 unspecified atom stereocenters. The van der Waals surface area contributed by atoms with Crippen molar-refractivity contribution in [1.29, 1.82) is 0 Å². The summed E-state index contributed by atoms with van der Waals surface area (Å²) in [6.45, 7) is 2.51. The molecule has 4 rings (SSSR count). The van der Waals surface area contributed by atoms with Crippen molar-refractivity contribution in [2.75, 3.05) is 19.8 Å². The van der Waals surface area contributed by atoms with Crippen molar-refractivity contribution >= 4 is 28.2 Å². The van der Waals surface area contributed by atoms with Crippen molar-refractivity contribution in [3.63, 3.8) is 0 Å². The molecule has 0 bridgehead atoms. The predicted molar refractivity (Wildman–Crippen MR) is 88.6 cm³/mol. The van der Waals surface area contributed by atoms with Crippen LogP contribution >= 0.6 is 11.6 Å². The van der Waals surface area contributed by atoms with Crippen LogP contribution in [0.25, 0.3) is 16.6 Å². The molecule has 0 atom stereocenters. The standard InChI is InChI=1S/C17H18ClN3O/c18-16-10-12(3-7-21(16)13-4-8-22-9-5-13)15-11-20-17-14(15)2-1-6-19-17/h1-3,6,10-11,13H,4-5,7-9H2,(H,19,20). The molecule has 2 aliphatic heterocycles. The normalized spacial score (nSPS) is 20.1. The number of rotatable bonds is 2. The summed E-state index contributed by atoms with van der Waals surface area (Å²) in [5.74, 6) is 0. The van der Waals surface area contributed by atoms with Gasteiger partial charge in [0, 0.05) is 49.1 Å². The molecule has 2 aliphatic rings. The third-order valence-electron chi connectivity index (χ3n) is 4.45. The lowest BCUT2D eigenvalue weighted by atomic mass is 10.0. The Bertz CT molecular complexity index is 743. The van der Waals surface area contributed by atoms with Gasteiger partial charge in [-0.1, -0.05) is 17.7 Å². The maximum atomic E-state index is 6.56. The van der Waals surface area contributed by atoms with Crippen LogP contribution in [0.4, 0.5) is 0 Å². The SMILES string of the molecule is ClC1=CC(c2c[nH]c3ncccc23)=CCN1C1CCOCC1. The molecule has 0 radical (unpaired) electrons. The van der Waals surface area contributed by atoms with E-state index in [9.17, 15) is 0 Å². The van der Waals surface area contributed by atoms with E-state index >= 15 is 0 Å². The quantitative estimate of drug-likeness (QED) is 0.862. The minimum Gasteiger partial charge on any atom is -0.381 e. The second-order valence-electron chi connectivity index (χ2n) is 5.72. The lowest BCUT2D eigenvalue weighted by Crippen LogP contribution is -2.38. The van der Waals surface area contributed by atoms with Gasteiger partial charge in [0.1, 0.15) is 10.8 Å². The van der Waals surface area contributed by atoms with Gasteiger partial charge in [-0.15, -0.1) is 0 Å². The number of aromatic nitrogens is 2. The van der Waals surface area contributed by atoms with Crippen molar-refractivity contribution in [3.8, 4) is 0 Å². The molecule has 0 saturated carbocycles. The highest BCUT2D eigenvalue weighted by Crippen LogP contribution is 2.32. The molecule has 4 nitrogen and oxygen atoms in total. The number of allylic oxidation sites excluding steroid dienone is 2. The number of H-pyrrole nitrogens is 1. The van der Waals surface area contributed by atoms with Crippen LogP contribution in [0.5, 0.6) is 0 Å². The highest BCUT2D eigenvalue weighted by Gasteiger charge is 2.24. The van der Waals surface area contributed by atoms with E-state index in [4.69, 9.17) is 16.3 Å². The summed E-state index contributed by atoms with van der Waals surface area (Å²) in [4.78, 5) is 9.84. The fourth-order valence-corrected chi connectivity index (χ4v) is 3.58. The third kappa shape index (κ3) is 2.42. The Kier molecular flexibility index (Phi) is 3.64. The number of fused-ring (bicyclic) bond motifs is 1. The first kappa shape index (κ1) is 13.9. The van der Waals surface area contributed by atoms with E-state index in [2.05, 4.69) is 33.1 Å². The van der Waals surface area contributed by atoms with Crippen LogP contribution in [0.1, 0.15) is 18.4 Å². The van der Waals surface area contributed by atoms with Gasteiger partial charge >= 0.3 is 0 Å². The first-order chi connectivity index (χ1) is 10.8. The van der Waals surface area contributed by atoms with Gasteiger partial charge in [-0.2, -0.15) is 0 Å². The summed E-state index contributed by atoms with van der Waals surface area (Å²) >= 11 is 6.56. The van der Waals surface area contributed by atoms with Gasteiger partial charge in [0.25, 0.3) is 0 Å². The fourth-order valence-electron chi connectivity index (χ4n) is 3.26. The molecule has 2 aromatic heterocycles. The highest BCUT2D eigenvalue weighted by atomic mass is 35.5. The minimum absolute atomic E-state index is 0.486. The summed E-state index contributed by atoms with van der Waals surface area (Å²) in [6, 6.07) is 4.53. The molecule has 4 heterocycles. The number of halogens is 1. The predicted octanol–water partition coefficient (Wildman–Crippen LogP) is 3.52. The van der Waals surface area contributed by atoms with Crippen LogP contribution in [0, 0.1) is 0 Å². The summed E-state index contributed by atoms with van der Waals surface area (Å²) < 4.78 is 5.44. The van der Waals surface area contributed by atoms with E-state index in [0.29, 0.717) is 6.04 Å². The van der Waals surface area contributed by atoms with Gasteiger partial charge in [0.2, 0.25) is 0 Å². The summed E-state index contributed by atoms with van der Waals surface area (Å²) in [5, 5.41) is 1.96. The van der Waals surface area contributed by atoms with Crippen molar-refractivity contribution in [2.45, 2.75) is 18.9 Å². The molecule has 5 heteroatoms. The molecule has 2 aromatic rings. The average molecular weight is 316 g/mol. The Labute approximate surface area is 134 Å². The lowest BCUT2D eigenvalue weighted by Gasteiger charge is -2.36. The Morgan fingerprint density at radius 3 is 3.00 bits per heavy atom. The Hall–Kier alpha value is -1.78. The van der Waals surface area contributed by atoms with Crippen LogP contribution in [0.2, 0.25) is 0 Å². The average Bonchev–Trinajstić information content (AvgIpc) is 2.99. The first-order valence-electron chi connectivity index (χ1n) is 7.67. The monoisotopic (exact) mass is 315 g/mol. The molecule has 0 spiro atoms. The zero-order valence-electron chi connectivity index (χ0n) is 12.3. The second kappa shape index (κ2) is 5.78. The highest BCUT2D eigenvalue weighted by molar-refractivity contribution is 6.30. The lowest BCUT2D eigenvalue weighted by molar-refractivity contribution is 0.0508. The Morgan fingerprint density at radius 1 is 1.32 bits per heavy atom. The van der Waals surface area contributed by atoms with Gasteiger partial charge in [0.05, 0.1) is 0 Å². The maximum Gasteiger partial charge on any atom is 0.137 e. The summed E-state index contributed by atoms with van der Waals surface area (Å²) in [6.07, 6.45) is 10.2. The summed E-state index contributed by atoms with van der Waals surface area (Å²) in [5.41, 5.74) is 3.23. The van der Waals surface area contributed by atoms with E-state index in [-0.39, 0.29) is 0 Å². The van der Waals surface area contributed by atoms with Crippen LogP contribution in [-0.4, -0.2) is 40.7 Å². The Balaban J connectivity index is 1.61. The molecular formula is C17H18ClN3O. The third-order valence-corrected chi connectivity index (χ3v) is 4.78. The number of pyridine rings is 1. The van der Waals surface area contributed by atoms with Gasteiger partial charge in [0.15, 0.2) is 0 Å². The van der Waals surface area contributed by atoms with Crippen LogP contribution in [0.3, 0.4) is 0 Å². The van der Waals surface area contributed by atoms with E-state index in [1.165, 1.54) is 0 Å². The second-order valence-corrected chi connectivity index (χ2v) is 6.11. The minimum atomic E-state index is 0.486. The van der Waals surface area contributed by atoms with Crippen molar-refractivity contribution in [2.24, 2.45) is 0 Å². The molecule has 1 N–H and O–H groups in total. The number of hydrogen-bond acceptors (Lipinski definition) is 3.